The van der Waals surface area contributed by atoms with Crippen molar-refractivity contribution in [1.82, 2.24) is 20.4 Å². The van der Waals surface area contributed by atoms with Crippen molar-refractivity contribution in [1.29, 1.82) is 0 Å². The van der Waals surface area contributed by atoms with Crippen LogP contribution in [0.4, 0.5) is 0 Å². The Labute approximate surface area is 452 Å². The number of nitrogens with one attached hydrogen (secondary N) is 2. The molecule has 10 bridgehead atoms. The summed E-state index contributed by atoms with van der Waals surface area (Å²) in [7, 11) is 4.89. The Morgan fingerprint density at radius 3 is 1.04 bits per heavy atom. The molecule has 14 nitrogen and oxygen atoms in total. The number of carbonyl (C=O) groups is 4. The number of hydrogen-bond acceptors (Lipinski definition) is 14. The van der Waals surface area contributed by atoms with Crippen LogP contribution < -0.4 is 10.6 Å². The lowest BCUT2D eigenvalue weighted by atomic mass is 9.93. The number of carbonyl (C=O) groups excluding carboxylic acids is 4. The van der Waals surface area contributed by atoms with Gasteiger partial charge in [-0.2, -0.15) is 0 Å². The molecule has 6 aromatic rings. The molecule has 6 N–H and O–H groups in total. The van der Waals surface area contributed by atoms with Crippen molar-refractivity contribution in [2.75, 3.05) is 25.7 Å². The van der Waals surface area contributed by atoms with Gasteiger partial charge in [0.15, 0.2) is 0 Å². The van der Waals surface area contributed by atoms with Crippen molar-refractivity contribution in [3.8, 4) is 23.0 Å². The number of amides is 2. The van der Waals surface area contributed by atoms with E-state index in [0.717, 1.165) is 33.4 Å². The summed E-state index contributed by atoms with van der Waals surface area (Å²) in [6, 6.07) is 29.4. The maximum absolute atomic E-state index is 15.2. The molecule has 0 aliphatic carbocycles. The summed E-state index contributed by atoms with van der Waals surface area (Å²) in [6.45, 7) is 7.67. The molecule has 16 heteroatoms. The van der Waals surface area contributed by atoms with Crippen LogP contribution in [0.15, 0.2) is 109 Å². The molecule has 398 valence electrons. The zero-order valence-electron chi connectivity index (χ0n) is 43.7. The molecule has 1 unspecified atom stereocenters. The molecular formula is C60H66N4O10S2. The Balaban J connectivity index is 1.41. The molecule has 0 spiro atoms. The number of aromatic hydroxyl groups is 4. The summed E-state index contributed by atoms with van der Waals surface area (Å²) in [5, 5.41) is 55.8. The first-order valence-corrected chi connectivity index (χ1v) is 27.8. The number of ether oxygens (including phenoxy) is 2. The van der Waals surface area contributed by atoms with E-state index in [1.807, 2.05) is 147 Å². The van der Waals surface area contributed by atoms with Crippen LogP contribution in [0.3, 0.4) is 0 Å². The molecule has 3 aliphatic rings. The highest BCUT2D eigenvalue weighted by Crippen LogP contribution is 2.38. The third-order valence-electron chi connectivity index (χ3n) is 14.1. The maximum atomic E-state index is 15.2. The number of hydrogen-bond donors (Lipinski definition) is 6. The van der Waals surface area contributed by atoms with Gasteiger partial charge in [0.25, 0.3) is 0 Å². The second-order valence-electron chi connectivity index (χ2n) is 20.0. The third-order valence-corrected chi connectivity index (χ3v) is 16.5. The van der Waals surface area contributed by atoms with E-state index in [0.29, 0.717) is 44.5 Å². The van der Waals surface area contributed by atoms with Gasteiger partial charge in [-0.15, -0.1) is 0 Å². The van der Waals surface area contributed by atoms with Gasteiger partial charge in [0.05, 0.1) is 26.3 Å². The number of fused-ring (bicyclic) bond motifs is 11. The van der Waals surface area contributed by atoms with Gasteiger partial charge < -0.3 is 40.5 Å². The average Bonchev–Trinajstić information content (AvgIpc) is 3.40. The monoisotopic (exact) mass is 1070 g/mol. The summed E-state index contributed by atoms with van der Waals surface area (Å²) >= 11 is 0. The number of phenolic OH excluding ortho intramolecular Hbond substituents is 4. The molecule has 0 radical (unpaired) electrons. The maximum Gasteiger partial charge on any atom is 0.329 e. The van der Waals surface area contributed by atoms with Crippen molar-refractivity contribution in [3.63, 3.8) is 0 Å². The van der Waals surface area contributed by atoms with Crippen molar-refractivity contribution in [2.45, 2.75) is 104 Å². The first-order chi connectivity index (χ1) is 36.5. The molecule has 0 aromatic heterocycles. The number of methoxy groups -OCH3 is 2. The number of nitrogens with zero attached hydrogens (tertiary/aromatic N) is 2. The van der Waals surface area contributed by atoms with Gasteiger partial charge in [-0.25, -0.2) is 9.59 Å². The van der Waals surface area contributed by atoms with Crippen molar-refractivity contribution in [2.24, 2.45) is 0 Å². The molecule has 2 amide bonds. The zero-order valence-corrected chi connectivity index (χ0v) is 45.4. The van der Waals surface area contributed by atoms with E-state index in [9.17, 15) is 30.0 Å². The van der Waals surface area contributed by atoms with Crippen molar-refractivity contribution in [3.05, 3.63) is 187 Å². The van der Waals surface area contributed by atoms with Crippen LogP contribution in [0.2, 0.25) is 0 Å². The highest BCUT2D eigenvalue weighted by atomic mass is 33.1. The molecule has 0 saturated carbocycles. The summed E-state index contributed by atoms with van der Waals surface area (Å²) in [5.74, 6) is -2.56. The van der Waals surface area contributed by atoms with Crippen LogP contribution >= 0.6 is 21.6 Å². The van der Waals surface area contributed by atoms with E-state index in [1.165, 1.54) is 35.8 Å². The fraction of sp³-hybridized carbons (Fsp3) is 0.333. The van der Waals surface area contributed by atoms with Crippen molar-refractivity contribution < 1.29 is 49.1 Å². The lowest BCUT2D eigenvalue weighted by Gasteiger charge is -2.33. The molecule has 76 heavy (non-hydrogen) atoms. The van der Waals surface area contributed by atoms with Crippen LogP contribution in [0.5, 0.6) is 23.0 Å². The summed E-state index contributed by atoms with van der Waals surface area (Å²) in [6.07, 6.45) is 0.516. The number of benzene rings is 6. The third kappa shape index (κ3) is 13.3. The Bertz CT molecular complexity index is 2780. The number of aryl methyl sites for hydroxylation is 4. The lowest BCUT2D eigenvalue weighted by molar-refractivity contribution is -0.145. The molecule has 4 atom stereocenters. The fourth-order valence-electron chi connectivity index (χ4n) is 10.4. The van der Waals surface area contributed by atoms with Gasteiger partial charge in [0.1, 0.15) is 35.1 Å². The van der Waals surface area contributed by atoms with Gasteiger partial charge in [-0.1, -0.05) is 153 Å². The number of esters is 2. The van der Waals surface area contributed by atoms with E-state index in [2.05, 4.69) is 10.6 Å². The second-order valence-corrected chi connectivity index (χ2v) is 22.6. The zero-order chi connectivity index (χ0) is 54.2. The molecular weight excluding hydrogens is 1000 g/mol. The first kappa shape index (κ1) is 55.3. The highest BCUT2D eigenvalue weighted by Gasteiger charge is 2.35. The van der Waals surface area contributed by atoms with Crippen LogP contribution in [0.1, 0.15) is 77.9 Å². The van der Waals surface area contributed by atoms with Crippen LogP contribution in [-0.2, 0) is 80.5 Å². The summed E-state index contributed by atoms with van der Waals surface area (Å²) in [4.78, 5) is 61.5. The highest BCUT2D eigenvalue weighted by molar-refractivity contribution is 8.76. The SMILES string of the molecule is COC(=O)C1CSSC[C@H](C(=O)OC)NC(=O)[C@H](Cc2ccccc2)N2Cc3cc(C)cc(c3O)Cc3cc(C)cc(c3O)CN(Cc3cc(C)cc(c3O)Cc3cc(C)cc(c3O)C2)[C@@H](Cc2ccccc2)C(=O)N1. The predicted octanol–water partition coefficient (Wildman–Crippen LogP) is 8.18. The van der Waals surface area contributed by atoms with Crippen LogP contribution in [-0.4, -0.2) is 104 Å². The second kappa shape index (κ2) is 24.8. The van der Waals surface area contributed by atoms with Crippen LogP contribution in [0, 0.1) is 27.7 Å². The smallest absolute Gasteiger partial charge is 0.329 e. The normalized spacial score (nSPS) is 20.7. The standard InChI is InChI=1S/C60H66N4O10S2/c1-35-17-41-27-42-18-36(2)22-47(54(42)66)31-64-32-48-24-38(4)20-44(56(48)68)28-43-19-37(3)23-46(55(43)67)30-63(29-45(21-35)53(41)65)51(25-39-13-9-7-10-14-39)57(69)61-49(59(71)73-5)33-75-76-34-50(60(72)74-6)62-58(70)52(64)26-40-15-11-8-12-16-40/h7-24,49-52,65-68H,25-34H2,1-6H3,(H,61,69)(H,62,70)/t49-,50?,51+,52+/m1/s1. The minimum Gasteiger partial charge on any atom is -0.507 e. The molecule has 6 aromatic carbocycles. The summed E-state index contributed by atoms with van der Waals surface area (Å²) < 4.78 is 10.5. The molecule has 9 rings (SSSR count). The quantitative estimate of drug-likeness (QED) is 0.0690. The van der Waals surface area contributed by atoms with E-state index < -0.39 is 47.9 Å². The molecule has 3 aliphatic heterocycles. The first-order valence-electron chi connectivity index (χ1n) is 25.3. The largest absolute Gasteiger partial charge is 0.507 e. The number of rotatable bonds is 6. The Morgan fingerprint density at radius 2 is 0.763 bits per heavy atom. The Hall–Kier alpha value is -6.98. The van der Waals surface area contributed by atoms with Gasteiger partial charge in [-0.3, -0.25) is 19.4 Å². The topological polar surface area (TPSA) is 198 Å². The summed E-state index contributed by atoms with van der Waals surface area (Å²) in [5.41, 5.74) is 8.91. The van der Waals surface area contributed by atoms with Crippen LogP contribution in [0.25, 0.3) is 0 Å². The van der Waals surface area contributed by atoms with E-state index in [4.69, 9.17) is 9.47 Å². The predicted molar refractivity (Wildman–Crippen MR) is 296 cm³/mol. The van der Waals surface area contributed by atoms with Gasteiger partial charge in [0.2, 0.25) is 11.8 Å². The average molecular weight is 1070 g/mol. The lowest BCUT2D eigenvalue weighted by Crippen LogP contribution is -2.53. The van der Waals surface area contributed by atoms with Gasteiger partial charge in [-0.05, 0) is 73.9 Å². The fourth-order valence-corrected chi connectivity index (χ4v) is 12.7. The minimum atomic E-state index is -1.16. The van der Waals surface area contributed by atoms with Gasteiger partial charge >= 0.3 is 11.9 Å². The van der Waals surface area contributed by atoms with E-state index in [1.54, 1.807) is 0 Å². The van der Waals surface area contributed by atoms with Crippen molar-refractivity contribution >= 4 is 45.3 Å². The number of phenols is 4. The van der Waals surface area contributed by atoms with E-state index in [-0.39, 0.29) is 86.4 Å². The minimum absolute atomic E-state index is 0.00241. The Morgan fingerprint density at radius 1 is 0.487 bits per heavy atom. The van der Waals surface area contributed by atoms with Gasteiger partial charge in [0, 0.05) is 72.8 Å². The molecule has 0 fully saturated rings. The molecule has 3 heterocycles. The molecule has 0 saturated heterocycles. The Kier molecular flexibility index (Phi) is 18.0. The van der Waals surface area contributed by atoms with E-state index >= 15 is 9.59 Å².